The average molecular weight is 1980 g/mol. The number of rotatable bonds is 18. The molecular weight excluding hydrogens is 1920 g/mol. The van der Waals surface area contributed by atoms with Gasteiger partial charge in [-0.15, -0.1) is 0 Å². The van der Waals surface area contributed by atoms with Crippen LogP contribution in [0.25, 0.3) is 0 Å². The van der Waals surface area contributed by atoms with Crippen LogP contribution in [0.2, 0.25) is 0 Å². The largest absolute Gasteiger partial charge is 1.00 e. The molecule has 0 fully saturated rings. The fourth-order valence-electron chi connectivity index (χ4n) is 8.36. The molecule has 0 amide bonds. The first-order chi connectivity index (χ1) is 42.8. The fraction of sp³-hybridized carbons (Fsp3) is 0. The summed E-state index contributed by atoms with van der Waals surface area (Å²) in [6, 6.07) is 45.4. The van der Waals surface area contributed by atoms with Crippen LogP contribution in [-0.4, -0.2) is 166 Å². The van der Waals surface area contributed by atoms with E-state index in [0.29, 0.717) is 15.9 Å². The molecular formula is C54H57Na9O36P3PdS9+3. The summed E-state index contributed by atoms with van der Waals surface area (Å²) in [7, 11) is -48.0. The van der Waals surface area contributed by atoms with Crippen molar-refractivity contribution in [2.24, 2.45) is 0 Å². The molecule has 9 rings (SSSR count). The van der Waals surface area contributed by atoms with Crippen molar-refractivity contribution in [3.8, 4) is 0 Å². The smallest absolute Gasteiger partial charge is 0.744 e. The second-order valence-corrected chi connectivity index (χ2v) is 37.8. The maximum Gasteiger partial charge on any atom is 1.00 e. The first kappa shape index (κ1) is 143. The van der Waals surface area contributed by atoms with Gasteiger partial charge in [-0.1, -0.05) is 109 Å². The summed E-state index contributed by atoms with van der Waals surface area (Å²) in [4.78, 5) is -4.49. The molecule has 0 heterocycles. The van der Waals surface area contributed by atoms with E-state index in [4.69, 9.17) is 0 Å². The summed E-state index contributed by atoms with van der Waals surface area (Å²) in [5.41, 5.74) is 0. The van der Waals surface area contributed by atoms with E-state index in [1.807, 2.05) is 0 Å². The number of hydrogen-bond acceptors (Lipinski definition) is 24. The van der Waals surface area contributed by atoms with Gasteiger partial charge in [0.25, 0.3) is 30.4 Å². The Kier molecular flexibility index (Phi) is 76.3. The Bertz CT molecular complexity index is 4460. The van der Waals surface area contributed by atoms with Crippen molar-refractivity contribution in [2.45, 2.75) is 44.1 Å². The van der Waals surface area contributed by atoms with Crippen LogP contribution in [0.1, 0.15) is 0 Å². The van der Waals surface area contributed by atoms with Gasteiger partial charge < -0.3 is 76.6 Å². The van der Waals surface area contributed by atoms with Crippen LogP contribution in [0.15, 0.2) is 262 Å². The average Bonchev–Trinajstić information content (AvgIpc) is 0.792. The molecule has 0 unspecified atom stereocenters. The number of benzene rings is 9. The third-order valence-electron chi connectivity index (χ3n) is 12.3. The van der Waals surface area contributed by atoms with Gasteiger partial charge in [0.2, 0.25) is 0 Å². The van der Waals surface area contributed by atoms with E-state index in [-0.39, 0.29) is 368 Å². The standard InChI is InChI=1S/3C18H15O9PS3.9Na.9H2O.Pd/c3*19-29(20,21)16-7-1-4-13(10-16)28(14-5-2-8-17(11-14)30(22,23)24)15-6-3-9-18(12-15)31(25,26)27;;;;;;;;;;;;;;;;;;;/h3*1-12H,(H,19,20,21)(H,22,23,24)(H,25,26,27);;;;;;;;;;9*1H2;/q;;;9*+1;;;;;;;;;;/p-6. The van der Waals surface area contributed by atoms with E-state index >= 15 is 0 Å². The van der Waals surface area contributed by atoms with Gasteiger partial charge in [0.15, 0.2) is 0 Å². The zero-order valence-electron chi connectivity index (χ0n) is 59.8. The maximum absolute atomic E-state index is 11.6. The second kappa shape index (κ2) is 59.6. The Hall–Kier alpha value is 2.76. The Morgan fingerprint density at radius 1 is 0.188 bits per heavy atom. The molecule has 0 radical (unpaired) electrons. The molecule has 574 valence electrons. The van der Waals surface area contributed by atoms with Crippen LogP contribution in [0, 0.1) is 0 Å². The first-order valence-corrected chi connectivity index (χ1v) is 41.6. The van der Waals surface area contributed by atoms with Gasteiger partial charge in [-0.2, -0.15) is 25.3 Å². The van der Waals surface area contributed by atoms with Crippen molar-refractivity contribution in [1.29, 1.82) is 0 Å². The third-order valence-corrected chi connectivity index (χ3v) is 27.0. The predicted octanol–water partition coefficient (Wildman–Crippen LogP) is -32.9. The number of hydrogen-bond donors (Lipinski definition) is 3. The molecule has 21 N–H and O–H groups in total. The van der Waals surface area contributed by atoms with Crippen LogP contribution >= 0.6 is 23.8 Å². The van der Waals surface area contributed by atoms with Gasteiger partial charge in [-0.3, -0.25) is 13.7 Å². The van der Waals surface area contributed by atoms with Gasteiger partial charge in [0, 0.05) is 20.4 Å². The summed E-state index contributed by atoms with van der Waals surface area (Å²) in [5, 5.41) is 2.56. The van der Waals surface area contributed by atoms with Gasteiger partial charge in [-0.05, 0) is 181 Å². The Morgan fingerprint density at radius 3 is 0.366 bits per heavy atom. The molecule has 36 nitrogen and oxygen atoms in total. The van der Waals surface area contributed by atoms with E-state index in [2.05, 4.69) is 0 Å². The minimum absolute atomic E-state index is 0. The molecule has 112 heavy (non-hydrogen) atoms. The fourth-order valence-corrected chi connectivity index (χ4v) is 21.0. The van der Waals surface area contributed by atoms with E-state index < -0.39 is 159 Å². The molecule has 0 aliphatic rings. The summed E-state index contributed by atoms with van der Waals surface area (Å²) in [6.45, 7) is 0. The minimum Gasteiger partial charge on any atom is -0.744 e. The third kappa shape index (κ3) is 42.2. The molecule has 0 saturated heterocycles. The molecule has 0 saturated carbocycles. The molecule has 0 aliphatic heterocycles. The van der Waals surface area contributed by atoms with E-state index in [0.717, 1.165) is 91.0 Å². The zero-order valence-corrected chi connectivity index (χ0v) is 89.3. The molecule has 9 aromatic rings. The van der Waals surface area contributed by atoms with Gasteiger partial charge >= 0.3 is 266 Å². The molecule has 0 atom stereocenters. The van der Waals surface area contributed by atoms with Crippen molar-refractivity contribution in [3.05, 3.63) is 218 Å². The molecule has 9 aromatic carbocycles. The Balaban J connectivity index is -0.000000110. The SMILES string of the molecule is O.O.O.O.O.O.O.O.O.O=S(=O)(O)c1cccc(P(c2cccc(S(=O)(=O)O)c2)c2cccc(S(=O)(=O)O)c2)c1.O=S(=O)([O-])c1cccc(P(c2cccc(S(=O)(=O)[O-])c2)c2cccc(S(=O)(=O)[O-])c2)c1.O=S(=O)([O-])c1cccc(P(c2cccc(S(=O)(=O)[O-])c2)c2cccc(S(=O)(=O)[O-])c2)c1.[Na+].[Na+].[Na+].[Na+].[Na+].[Na+].[Na+].[Na+].[Na+].[Pd]. The minimum atomic E-state index is -4.82. The normalized spacial score (nSPS) is 10.6. The van der Waals surface area contributed by atoms with Crippen molar-refractivity contribution in [2.75, 3.05) is 0 Å². The topological polar surface area (TPSA) is 790 Å². The van der Waals surface area contributed by atoms with E-state index in [1.165, 1.54) is 127 Å². The van der Waals surface area contributed by atoms with Crippen LogP contribution in [0.4, 0.5) is 0 Å². The van der Waals surface area contributed by atoms with E-state index in [1.54, 1.807) is 0 Å². The Labute approximate surface area is 862 Å². The van der Waals surface area contributed by atoms with E-state index in [9.17, 15) is 117 Å². The van der Waals surface area contributed by atoms with Crippen LogP contribution < -0.4 is 314 Å². The Morgan fingerprint density at radius 2 is 0.277 bits per heavy atom. The predicted molar refractivity (Wildman–Crippen MR) is 365 cm³/mol. The summed E-state index contributed by atoms with van der Waals surface area (Å²) in [6.07, 6.45) is 0. The summed E-state index contributed by atoms with van der Waals surface area (Å²) < 4.78 is 304. The molecule has 58 heteroatoms. The van der Waals surface area contributed by atoms with Crippen molar-refractivity contribution < 1.29 is 452 Å². The first-order valence-electron chi connectivity index (χ1n) is 24.8. The van der Waals surface area contributed by atoms with Crippen molar-refractivity contribution >= 4 is 163 Å². The maximum atomic E-state index is 11.6. The monoisotopic (exact) mass is 1970 g/mol. The second-order valence-electron chi connectivity index (χ2n) is 18.6. The summed E-state index contributed by atoms with van der Waals surface area (Å²) >= 11 is 0. The molecule has 0 bridgehead atoms. The molecule has 0 aliphatic carbocycles. The van der Waals surface area contributed by atoms with Crippen LogP contribution in [0.5, 0.6) is 0 Å². The van der Waals surface area contributed by atoms with Gasteiger partial charge in [-0.25, -0.2) is 50.5 Å². The van der Waals surface area contributed by atoms with Crippen LogP contribution in [-0.2, 0) is 111 Å². The van der Waals surface area contributed by atoms with Crippen LogP contribution in [0.3, 0.4) is 0 Å². The van der Waals surface area contributed by atoms with Gasteiger partial charge in [0.1, 0.15) is 60.7 Å². The van der Waals surface area contributed by atoms with Gasteiger partial charge in [0.05, 0.1) is 44.1 Å². The molecule has 0 spiro atoms. The quantitative estimate of drug-likeness (QED) is 0.0408. The zero-order chi connectivity index (χ0) is 69.1. The van der Waals surface area contributed by atoms with Crippen molar-refractivity contribution in [1.82, 2.24) is 0 Å². The molecule has 0 aromatic heterocycles. The van der Waals surface area contributed by atoms with Crippen molar-refractivity contribution in [3.63, 3.8) is 0 Å². The summed E-state index contributed by atoms with van der Waals surface area (Å²) in [5.74, 6) is 0.